The minimum absolute atomic E-state index is 0.00232. The average Bonchev–Trinajstić information content (AvgIpc) is 2.96. The van der Waals surface area contributed by atoms with E-state index in [1.165, 1.54) is 6.08 Å². The van der Waals surface area contributed by atoms with Crippen LogP contribution in [0.1, 0.15) is 40.9 Å². The third kappa shape index (κ3) is 4.23. The van der Waals surface area contributed by atoms with Gasteiger partial charge in [0.25, 0.3) is 5.91 Å². The number of amides is 2. The third-order valence-electron chi connectivity index (χ3n) is 5.97. The van der Waals surface area contributed by atoms with Crippen LogP contribution in [-0.4, -0.2) is 60.5 Å². The summed E-state index contributed by atoms with van der Waals surface area (Å²) in [7, 11) is 0. The monoisotopic (exact) mass is 412 g/mol. The smallest absolute Gasteiger partial charge is 0.264 e. The van der Waals surface area contributed by atoms with Crippen molar-refractivity contribution >= 4 is 33.2 Å². The van der Waals surface area contributed by atoms with Gasteiger partial charge in [0.1, 0.15) is 0 Å². The molecule has 1 unspecified atom stereocenters. The predicted octanol–water partition coefficient (Wildman–Crippen LogP) is 3.87. The number of carbonyl (C=O) groups is 2. The van der Waals surface area contributed by atoms with Crippen LogP contribution in [0.4, 0.5) is 0 Å². The van der Waals surface area contributed by atoms with Crippen molar-refractivity contribution in [3.05, 3.63) is 47.4 Å². The molecule has 0 radical (unpaired) electrons. The fourth-order valence-corrected chi connectivity index (χ4v) is 5.62. The van der Waals surface area contributed by atoms with Gasteiger partial charge in [-0.1, -0.05) is 37.6 Å². The lowest BCUT2D eigenvalue weighted by molar-refractivity contribution is -0.128. The molecule has 2 fully saturated rings. The van der Waals surface area contributed by atoms with Crippen LogP contribution in [0.5, 0.6) is 0 Å². The van der Waals surface area contributed by atoms with E-state index in [4.69, 9.17) is 4.74 Å². The van der Waals surface area contributed by atoms with Gasteiger partial charge in [-0.15, -0.1) is 11.3 Å². The van der Waals surface area contributed by atoms with Crippen molar-refractivity contribution in [2.45, 2.75) is 38.1 Å². The van der Waals surface area contributed by atoms with E-state index in [1.54, 1.807) is 11.3 Å². The molecule has 0 aliphatic carbocycles. The number of ether oxygens (including phenoxy) is 1. The van der Waals surface area contributed by atoms with Crippen LogP contribution in [0, 0.1) is 0 Å². The Bertz CT molecular complexity index is 901. The number of carbonyl (C=O) groups excluding carboxylic acids is 2. The maximum Gasteiger partial charge on any atom is 0.264 e. The van der Waals surface area contributed by atoms with Crippen molar-refractivity contribution in [3.63, 3.8) is 0 Å². The molecule has 0 spiro atoms. The summed E-state index contributed by atoms with van der Waals surface area (Å²) < 4.78 is 6.55. The zero-order valence-electron chi connectivity index (χ0n) is 16.8. The number of nitrogens with zero attached hydrogens (tertiary/aromatic N) is 2. The lowest BCUT2D eigenvalue weighted by atomic mass is 9.97. The van der Waals surface area contributed by atoms with Crippen LogP contribution in [0.15, 0.2) is 36.9 Å². The lowest BCUT2D eigenvalue weighted by Gasteiger charge is -2.30. The first-order valence-electron chi connectivity index (χ1n) is 10.5. The third-order valence-corrected chi connectivity index (χ3v) is 7.17. The highest BCUT2D eigenvalue weighted by Gasteiger charge is 2.29. The first-order chi connectivity index (χ1) is 14.2. The first-order valence-corrected chi connectivity index (χ1v) is 11.3. The van der Waals surface area contributed by atoms with Gasteiger partial charge in [0.2, 0.25) is 5.91 Å². The van der Waals surface area contributed by atoms with Crippen molar-refractivity contribution in [1.29, 1.82) is 0 Å². The van der Waals surface area contributed by atoms with Gasteiger partial charge < -0.3 is 14.5 Å². The maximum atomic E-state index is 13.4. The van der Waals surface area contributed by atoms with Crippen molar-refractivity contribution in [2.24, 2.45) is 0 Å². The van der Waals surface area contributed by atoms with E-state index in [-0.39, 0.29) is 17.9 Å². The molecule has 1 aromatic heterocycles. The van der Waals surface area contributed by atoms with Gasteiger partial charge in [0, 0.05) is 30.4 Å². The van der Waals surface area contributed by atoms with E-state index in [2.05, 4.69) is 18.7 Å². The summed E-state index contributed by atoms with van der Waals surface area (Å²) in [5.41, 5.74) is 1.09. The molecule has 1 aromatic carbocycles. The van der Waals surface area contributed by atoms with E-state index in [0.717, 1.165) is 59.2 Å². The van der Waals surface area contributed by atoms with Gasteiger partial charge >= 0.3 is 0 Å². The second-order valence-electron chi connectivity index (χ2n) is 7.75. The predicted molar refractivity (Wildman–Crippen MR) is 116 cm³/mol. The van der Waals surface area contributed by atoms with Crippen molar-refractivity contribution in [3.8, 4) is 0 Å². The minimum atomic E-state index is -0.00232. The molecule has 5 nitrogen and oxygen atoms in total. The fraction of sp³-hybridized carbons (Fsp3) is 0.478. The zero-order valence-corrected chi connectivity index (χ0v) is 17.6. The van der Waals surface area contributed by atoms with Crippen LogP contribution >= 0.6 is 11.3 Å². The SMILES string of the molecule is C=CC(=O)N1CCCCCC1Cc1c(C(=O)N2CCOCC2)sc2ccccc12. The molecule has 0 N–H and O–H groups in total. The Morgan fingerprint density at radius 2 is 1.93 bits per heavy atom. The second kappa shape index (κ2) is 9.09. The molecular weight excluding hydrogens is 384 g/mol. The number of rotatable bonds is 4. The average molecular weight is 413 g/mol. The molecular formula is C23H28N2O3S. The van der Waals surface area contributed by atoms with Gasteiger partial charge in [-0.05, 0) is 42.4 Å². The molecule has 0 bridgehead atoms. The molecule has 3 heterocycles. The van der Waals surface area contributed by atoms with Crippen LogP contribution in [-0.2, 0) is 16.0 Å². The normalized spacial score (nSPS) is 20.5. The molecule has 6 heteroatoms. The summed E-state index contributed by atoms with van der Waals surface area (Å²) in [5, 5.41) is 1.14. The summed E-state index contributed by atoms with van der Waals surface area (Å²) >= 11 is 1.58. The van der Waals surface area contributed by atoms with E-state index in [1.807, 2.05) is 21.9 Å². The molecule has 1 atom stereocenters. The van der Waals surface area contributed by atoms with E-state index in [0.29, 0.717) is 26.3 Å². The maximum absolute atomic E-state index is 13.4. The van der Waals surface area contributed by atoms with Gasteiger partial charge in [-0.2, -0.15) is 0 Å². The van der Waals surface area contributed by atoms with Crippen LogP contribution in [0.25, 0.3) is 10.1 Å². The highest BCUT2D eigenvalue weighted by Crippen LogP contribution is 2.35. The van der Waals surface area contributed by atoms with Crippen molar-refractivity contribution < 1.29 is 14.3 Å². The van der Waals surface area contributed by atoms with E-state index >= 15 is 0 Å². The highest BCUT2D eigenvalue weighted by atomic mass is 32.1. The molecule has 29 heavy (non-hydrogen) atoms. The fourth-order valence-electron chi connectivity index (χ4n) is 4.42. The number of fused-ring (bicyclic) bond motifs is 1. The summed E-state index contributed by atoms with van der Waals surface area (Å²) in [4.78, 5) is 30.6. The number of thiophene rings is 1. The Morgan fingerprint density at radius 3 is 2.72 bits per heavy atom. The van der Waals surface area contributed by atoms with Crippen LogP contribution < -0.4 is 0 Å². The van der Waals surface area contributed by atoms with Gasteiger partial charge in [0.05, 0.1) is 18.1 Å². The number of morpholine rings is 1. The quantitative estimate of drug-likeness (QED) is 0.716. The Balaban J connectivity index is 1.70. The first kappa shape index (κ1) is 20.1. The zero-order chi connectivity index (χ0) is 20.2. The summed E-state index contributed by atoms with van der Waals surface area (Å²) in [6.07, 6.45) is 6.38. The summed E-state index contributed by atoms with van der Waals surface area (Å²) in [6, 6.07) is 8.34. The van der Waals surface area contributed by atoms with Crippen molar-refractivity contribution in [2.75, 3.05) is 32.8 Å². The lowest BCUT2D eigenvalue weighted by Crippen LogP contribution is -2.42. The topological polar surface area (TPSA) is 49.9 Å². The summed E-state index contributed by atoms with van der Waals surface area (Å²) in [6.45, 7) is 6.92. The Kier molecular flexibility index (Phi) is 6.31. The molecule has 2 aliphatic heterocycles. The van der Waals surface area contributed by atoms with Crippen LogP contribution in [0.3, 0.4) is 0 Å². The van der Waals surface area contributed by atoms with Gasteiger partial charge in [-0.3, -0.25) is 9.59 Å². The number of benzene rings is 1. The number of hydrogen-bond acceptors (Lipinski definition) is 4. The standard InChI is InChI=1S/C23H28N2O3S/c1-2-21(26)25-11-7-3-4-8-17(25)16-19-18-9-5-6-10-20(18)29-22(19)23(27)24-12-14-28-15-13-24/h2,5-6,9-10,17H,1,3-4,7-8,11-16H2. The van der Waals surface area contributed by atoms with Gasteiger partial charge in [0.15, 0.2) is 0 Å². The van der Waals surface area contributed by atoms with Gasteiger partial charge in [-0.25, -0.2) is 0 Å². The molecule has 2 aliphatic rings. The number of hydrogen-bond donors (Lipinski definition) is 0. The van der Waals surface area contributed by atoms with E-state index in [9.17, 15) is 9.59 Å². The molecule has 2 amide bonds. The van der Waals surface area contributed by atoms with Crippen molar-refractivity contribution in [1.82, 2.24) is 9.80 Å². The van der Waals surface area contributed by atoms with E-state index < -0.39 is 0 Å². The second-order valence-corrected chi connectivity index (χ2v) is 8.81. The molecule has 0 saturated carbocycles. The molecule has 4 rings (SSSR count). The molecule has 2 aromatic rings. The minimum Gasteiger partial charge on any atom is -0.378 e. The Labute approximate surface area is 175 Å². The highest BCUT2D eigenvalue weighted by molar-refractivity contribution is 7.21. The largest absolute Gasteiger partial charge is 0.378 e. The molecule has 2 saturated heterocycles. The summed E-state index contributed by atoms with van der Waals surface area (Å²) in [5.74, 6) is 0.0946. The Hall–Kier alpha value is -2.18. The molecule has 154 valence electrons. The number of likely N-dealkylation sites (tertiary alicyclic amines) is 1. The van der Waals surface area contributed by atoms with Crippen LogP contribution in [0.2, 0.25) is 0 Å². The Morgan fingerprint density at radius 1 is 1.14 bits per heavy atom.